The molecule has 1 aromatic carbocycles. The SMILES string of the molecule is CCOCOc1cc(F)ccc1-c1nnc(NC(=O)CN(C)C(=O)OC(C)(C)C)cc1C1CC1. The number of aromatic nitrogens is 2. The van der Waals surface area contributed by atoms with Crippen molar-refractivity contribution >= 4 is 17.8 Å². The Balaban J connectivity index is 1.77. The summed E-state index contributed by atoms with van der Waals surface area (Å²) in [7, 11) is 1.48. The normalized spacial score (nSPS) is 13.4. The Labute approximate surface area is 198 Å². The van der Waals surface area contributed by atoms with Gasteiger partial charge in [-0.05, 0) is 70.2 Å². The fraction of sp³-hybridized carbons (Fsp3) is 0.500. The van der Waals surface area contributed by atoms with Gasteiger partial charge in [0.05, 0.1) is 0 Å². The average molecular weight is 475 g/mol. The molecule has 0 saturated heterocycles. The number of hydrogen-bond donors (Lipinski definition) is 1. The number of likely N-dealkylation sites (N-methyl/N-ethyl adjacent to an activating group) is 1. The second-order valence-corrected chi connectivity index (χ2v) is 9.09. The first-order valence-electron chi connectivity index (χ1n) is 11.2. The third-order valence-corrected chi connectivity index (χ3v) is 4.89. The molecule has 0 atom stereocenters. The van der Waals surface area contributed by atoms with Crippen LogP contribution in [0.25, 0.3) is 11.3 Å². The van der Waals surface area contributed by atoms with Gasteiger partial charge in [0.2, 0.25) is 5.91 Å². The number of benzene rings is 1. The van der Waals surface area contributed by atoms with E-state index in [0.29, 0.717) is 23.6 Å². The van der Waals surface area contributed by atoms with Crippen LogP contribution in [0.5, 0.6) is 5.75 Å². The highest BCUT2D eigenvalue weighted by atomic mass is 19.1. The third-order valence-electron chi connectivity index (χ3n) is 4.89. The predicted octanol–water partition coefficient (Wildman–Crippen LogP) is 4.34. The summed E-state index contributed by atoms with van der Waals surface area (Å²) in [6.07, 6.45) is 1.35. The van der Waals surface area contributed by atoms with Crippen LogP contribution in [0.3, 0.4) is 0 Å². The van der Waals surface area contributed by atoms with E-state index in [4.69, 9.17) is 14.2 Å². The van der Waals surface area contributed by atoms with Gasteiger partial charge in [-0.1, -0.05) is 0 Å². The summed E-state index contributed by atoms with van der Waals surface area (Å²) in [5.41, 5.74) is 1.39. The smallest absolute Gasteiger partial charge is 0.410 e. The average Bonchev–Trinajstić information content (AvgIpc) is 3.58. The van der Waals surface area contributed by atoms with E-state index in [1.54, 1.807) is 32.9 Å². The quantitative estimate of drug-likeness (QED) is 0.426. The minimum absolute atomic E-state index is 0.0154. The lowest BCUT2D eigenvalue weighted by Gasteiger charge is -2.24. The lowest BCUT2D eigenvalue weighted by molar-refractivity contribution is -0.117. The molecule has 184 valence electrons. The van der Waals surface area contributed by atoms with E-state index in [0.717, 1.165) is 18.4 Å². The highest BCUT2D eigenvalue weighted by Gasteiger charge is 2.30. The van der Waals surface area contributed by atoms with Gasteiger partial charge in [0, 0.05) is 25.3 Å². The van der Waals surface area contributed by atoms with Crippen molar-refractivity contribution < 1.29 is 28.2 Å². The highest BCUT2D eigenvalue weighted by Crippen LogP contribution is 2.45. The molecule has 9 nitrogen and oxygen atoms in total. The second kappa shape index (κ2) is 10.8. The zero-order valence-corrected chi connectivity index (χ0v) is 20.2. The summed E-state index contributed by atoms with van der Waals surface area (Å²) >= 11 is 0. The molecule has 1 fully saturated rings. The number of amides is 2. The lowest BCUT2D eigenvalue weighted by atomic mass is 10.0. The van der Waals surface area contributed by atoms with Crippen LogP contribution < -0.4 is 10.1 Å². The van der Waals surface area contributed by atoms with Crippen molar-refractivity contribution in [3.63, 3.8) is 0 Å². The van der Waals surface area contributed by atoms with Crippen molar-refractivity contribution in [2.24, 2.45) is 0 Å². The number of nitrogens with zero attached hydrogens (tertiary/aromatic N) is 3. The van der Waals surface area contributed by atoms with Gasteiger partial charge < -0.3 is 24.4 Å². The molecule has 0 unspecified atom stereocenters. The summed E-state index contributed by atoms with van der Waals surface area (Å²) in [6.45, 7) is 7.35. The van der Waals surface area contributed by atoms with Gasteiger partial charge in [-0.15, -0.1) is 10.2 Å². The van der Waals surface area contributed by atoms with Gasteiger partial charge >= 0.3 is 6.09 Å². The van der Waals surface area contributed by atoms with Crippen LogP contribution in [0.4, 0.5) is 15.0 Å². The minimum atomic E-state index is -0.659. The summed E-state index contributed by atoms with van der Waals surface area (Å²) in [5, 5.41) is 11.2. The number of nitrogens with one attached hydrogen (secondary N) is 1. The van der Waals surface area contributed by atoms with E-state index >= 15 is 0 Å². The molecule has 10 heteroatoms. The Morgan fingerprint density at radius 3 is 2.59 bits per heavy atom. The second-order valence-electron chi connectivity index (χ2n) is 9.09. The summed E-state index contributed by atoms with van der Waals surface area (Å²) in [4.78, 5) is 25.8. The van der Waals surface area contributed by atoms with Crippen LogP contribution in [0.1, 0.15) is 52.0 Å². The zero-order chi connectivity index (χ0) is 24.9. The maximum absolute atomic E-state index is 13.9. The molecule has 0 aliphatic heterocycles. The summed E-state index contributed by atoms with van der Waals surface area (Å²) < 4.78 is 30.0. The Kier molecular flexibility index (Phi) is 8.03. The summed E-state index contributed by atoms with van der Waals surface area (Å²) in [6, 6.07) is 5.99. The van der Waals surface area contributed by atoms with E-state index in [-0.39, 0.29) is 25.1 Å². The first-order valence-corrected chi connectivity index (χ1v) is 11.2. The predicted molar refractivity (Wildman–Crippen MR) is 124 cm³/mol. The molecule has 0 bridgehead atoms. The molecule has 2 amide bonds. The molecule has 1 N–H and O–H groups in total. The van der Waals surface area contributed by atoms with Crippen molar-refractivity contribution in [3.05, 3.63) is 35.6 Å². The molecule has 1 aromatic heterocycles. The molecule has 34 heavy (non-hydrogen) atoms. The van der Waals surface area contributed by atoms with Gasteiger partial charge in [0.1, 0.15) is 29.4 Å². The fourth-order valence-electron chi connectivity index (χ4n) is 3.18. The van der Waals surface area contributed by atoms with Crippen LogP contribution in [0, 0.1) is 5.82 Å². The number of rotatable bonds is 9. The van der Waals surface area contributed by atoms with Crippen molar-refractivity contribution in [2.45, 2.75) is 52.1 Å². The number of carbonyl (C=O) groups excluding carboxylic acids is 2. The van der Waals surface area contributed by atoms with Gasteiger partial charge in [-0.25, -0.2) is 9.18 Å². The van der Waals surface area contributed by atoms with E-state index in [1.807, 2.05) is 6.92 Å². The molecular formula is C24H31FN4O5. The van der Waals surface area contributed by atoms with Crippen molar-refractivity contribution in [3.8, 4) is 17.0 Å². The maximum Gasteiger partial charge on any atom is 0.410 e. The zero-order valence-electron chi connectivity index (χ0n) is 20.2. The lowest BCUT2D eigenvalue weighted by Crippen LogP contribution is -2.38. The summed E-state index contributed by atoms with van der Waals surface area (Å²) in [5.74, 6) is -0.0308. The van der Waals surface area contributed by atoms with Crippen molar-refractivity contribution in [1.29, 1.82) is 0 Å². The number of anilines is 1. The molecular weight excluding hydrogens is 443 g/mol. The van der Waals surface area contributed by atoms with Gasteiger partial charge in [0.15, 0.2) is 12.6 Å². The third kappa shape index (κ3) is 7.11. The first kappa shape index (κ1) is 25.4. The largest absolute Gasteiger partial charge is 0.467 e. The maximum atomic E-state index is 13.9. The number of halogens is 1. The molecule has 1 aliphatic rings. The molecule has 1 saturated carbocycles. The molecule has 3 rings (SSSR count). The first-order chi connectivity index (χ1) is 16.1. The van der Waals surface area contributed by atoms with Crippen LogP contribution in [-0.4, -0.2) is 59.7 Å². The Hall–Kier alpha value is -3.27. The molecule has 0 spiro atoms. The van der Waals surface area contributed by atoms with E-state index in [9.17, 15) is 14.0 Å². The molecule has 0 radical (unpaired) electrons. The number of hydrogen-bond acceptors (Lipinski definition) is 7. The Morgan fingerprint density at radius 1 is 1.21 bits per heavy atom. The van der Waals surface area contributed by atoms with Crippen LogP contribution in [-0.2, 0) is 14.3 Å². The van der Waals surface area contributed by atoms with Crippen LogP contribution in [0.2, 0.25) is 0 Å². The standard InChI is InChI=1S/C24H31FN4O5/c1-6-32-14-33-19-11-16(25)9-10-17(19)22-18(15-7-8-15)12-20(27-28-22)26-21(30)13-29(5)23(31)34-24(2,3)4/h9-12,15H,6-8,13-14H2,1-5H3,(H,26,27,30). The van der Waals surface area contributed by atoms with Gasteiger partial charge in [0.25, 0.3) is 0 Å². The van der Waals surface area contributed by atoms with E-state index in [1.165, 1.54) is 24.1 Å². The minimum Gasteiger partial charge on any atom is -0.467 e. The van der Waals surface area contributed by atoms with Crippen LogP contribution >= 0.6 is 0 Å². The van der Waals surface area contributed by atoms with Gasteiger partial charge in [-0.3, -0.25) is 4.79 Å². The fourth-order valence-corrected chi connectivity index (χ4v) is 3.18. The monoisotopic (exact) mass is 474 g/mol. The van der Waals surface area contributed by atoms with E-state index in [2.05, 4.69) is 15.5 Å². The van der Waals surface area contributed by atoms with Crippen molar-refractivity contribution in [1.82, 2.24) is 15.1 Å². The van der Waals surface area contributed by atoms with Gasteiger partial charge in [-0.2, -0.15) is 0 Å². The number of ether oxygens (including phenoxy) is 3. The Morgan fingerprint density at radius 2 is 1.94 bits per heavy atom. The highest BCUT2D eigenvalue weighted by molar-refractivity contribution is 5.93. The van der Waals surface area contributed by atoms with E-state index < -0.39 is 23.4 Å². The molecule has 1 aliphatic carbocycles. The molecule has 1 heterocycles. The molecule has 2 aromatic rings. The van der Waals surface area contributed by atoms with Crippen LogP contribution in [0.15, 0.2) is 24.3 Å². The topological polar surface area (TPSA) is 103 Å². The van der Waals surface area contributed by atoms with Crippen molar-refractivity contribution in [2.75, 3.05) is 32.3 Å². The Bertz CT molecular complexity index is 1040. The number of carbonyl (C=O) groups is 2.